The van der Waals surface area contributed by atoms with E-state index in [1.807, 2.05) is 47.1 Å². The summed E-state index contributed by atoms with van der Waals surface area (Å²) in [5.74, 6) is 0.137. The number of nitrogens with zero attached hydrogens (tertiary/aromatic N) is 2. The Labute approximate surface area is 155 Å². The molecule has 0 aromatic heterocycles. The van der Waals surface area contributed by atoms with Gasteiger partial charge in [-0.1, -0.05) is 31.0 Å². The second-order valence-corrected chi connectivity index (χ2v) is 7.29. The number of carbonyl (C=O) groups is 2. The van der Waals surface area contributed by atoms with Crippen LogP contribution in [0.3, 0.4) is 0 Å². The molecular formula is C19H28ClN3O2. The van der Waals surface area contributed by atoms with Gasteiger partial charge in [-0.25, -0.2) is 0 Å². The summed E-state index contributed by atoms with van der Waals surface area (Å²) in [5.41, 5.74) is 6.68. The highest BCUT2D eigenvalue weighted by Crippen LogP contribution is 2.33. The molecule has 138 valence electrons. The topological polar surface area (TPSA) is 66.6 Å². The second-order valence-electron chi connectivity index (χ2n) is 7.29. The average molecular weight is 366 g/mol. The molecule has 0 bridgehead atoms. The van der Waals surface area contributed by atoms with Crippen molar-refractivity contribution >= 4 is 24.2 Å². The maximum Gasteiger partial charge on any atom is 0.253 e. The predicted molar refractivity (Wildman–Crippen MR) is 101 cm³/mol. The van der Waals surface area contributed by atoms with Crippen molar-refractivity contribution in [2.24, 2.45) is 11.7 Å². The monoisotopic (exact) mass is 365 g/mol. The first-order chi connectivity index (χ1) is 11.5. The summed E-state index contributed by atoms with van der Waals surface area (Å²) in [4.78, 5) is 29.1. The molecule has 2 fully saturated rings. The number of amides is 2. The molecule has 2 N–H and O–H groups in total. The van der Waals surface area contributed by atoms with Crippen LogP contribution >= 0.6 is 12.4 Å². The first-order valence-corrected chi connectivity index (χ1v) is 8.91. The Hall–Kier alpha value is -1.59. The van der Waals surface area contributed by atoms with Crippen LogP contribution in [0.4, 0.5) is 0 Å². The van der Waals surface area contributed by atoms with Crippen LogP contribution in [0.15, 0.2) is 30.3 Å². The molecule has 3 rings (SSSR count). The fraction of sp³-hybridized carbons (Fsp3) is 0.579. The molecule has 25 heavy (non-hydrogen) atoms. The fourth-order valence-corrected chi connectivity index (χ4v) is 3.88. The molecule has 1 aromatic carbocycles. The summed E-state index contributed by atoms with van der Waals surface area (Å²) in [6, 6.07) is 9.32. The third-order valence-electron chi connectivity index (χ3n) is 5.45. The van der Waals surface area contributed by atoms with E-state index in [1.165, 1.54) is 0 Å². The fourth-order valence-electron chi connectivity index (χ4n) is 3.88. The van der Waals surface area contributed by atoms with Gasteiger partial charge in [0.05, 0.1) is 5.92 Å². The lowest BCUT2D eigenvalue weighted by molar-refractivity contribution is -0.140. The van der Waals surface area contributed by atoms with Crippen LogP contribution in [0.1, 0.15) is 43.0 Å². The average Bonchev–Trinajstić information content (AvgIpc) is 2.61. The van der Waals surface area contributed by atoms with Crippen LogP contribution in [0, 0.1) is 5.92 Å². The second kappa shape index (κ2) is 8.19. The maximum atomic E-state index is 12.9. The Morgan fingerprint density at radius 3 is 2.24 bits per heavy atom. The lowest BCUT2D eigenvalue weighted by Gasteiger charge is -2.42. The number of hydrogen-bond acceptors (Lipinski definition) is 3. The van der Waals surface area contributed by atoms with Gasteiger partial charge in [-0.05, 0) is 31.9 Å². The Balaban J connectivity index is 0.00000225. The van der Waals surface area contributed by atoms with E-state index in [4.69, 9.17) is 5.73 Å². The highest BCUT2D eigenvalue weighted by molar-refractivity contribution is 5.94. The lowest BCUT2D eigenvalue weighted by atomic mass is 9.74. The molecule has 1 aliphatic heterocycles. The van der Waals surface area contributed by atoms with Crippen LogP contribution in [0.25, 0.3) is 0 Å². The van der Waals surface area contributed by atoms with Crippen LogP contribution in [-0.4, -0.2) is 53.3 Å². The van der Waals surface area contributed by atoms with Gasteiger partial charge in [0.15, 0.2) is 0 Å². The molecule has 1 saturated heterocycles. The van der Waals surface area contributed by atoms with E-state index in [-0.39, 0.29) is 30.1 Å². The zero-order valence-corrected chi connectivity index (χ0v) is 15.6. The van der Waals surface area contributed by atoms with Crippen LogP contribution in [-0.2, 0) is 4.79 Å². The van der Waals surface area contributed by atoms with Gasteiger partial charge < -0.3 is 15.5 Å². The highest BCUT2D eigenvalue weighted by atomic mass is 35.5. The predicted octanol–water partition coefficient (Wildman–Crippen LogP) is 2.30. The Bertz CT molecular complexity index is 598. The van der Waals surface area contributed by atoms with Crippen LogP contribution in [0.5, 0.6) is 0 Å². The highest BCUT2D eigenvalue weighted by Gasteiger charge is 2.40. The number of halogens is 1. The van der Waals surface area contributed by atoms with E-state index >= 15 is 0 Å². The molecule has 1 heterocycles. The van der Waals surface area contributed by atoms with E-state index in [0.717, 1.165) is 25.7 Å². The van der Waals surface area contributed by atoms with E-state index in [1.54, 1.807) is 0 Å². The number of benzene rings is 1. The molecule has 1 aliphatic carbocycles. The van der Waals surface area contributed by atoms with Crippen LogP contribution < -0.4 is 5.73 Å². The van der Waals surface area contributed by atoms with Crippen molar-refractivity contribution in [3.8, 4) is 0 Å². The number of rotatable bonds is 2. The van der Waals surface area contributed by atoms with E-state index in [2.05, 4.69) is 0 Å². The van der Waals surface area contributed by atoms with Gasteiger partial charge in [0, 0.05) is 37.3 Å². The smallest absolute Gasteiger partial charge is 0.253 e. The molecule has 6 heteroatoms. The molecule has 2 amide bonds. The summed E-state index contributed by atoms with van der Waals surface area (Å²) in [5, 5.41) is 0. The van der Waals surface area contributed by atoms with E-state index < -0.39 is 5.54 Å². The molecule has 2 atom stereocenters. The summed E-state index contributed by atoms with van der Waals surface area (Å²) in [6.07, 6.45) is 3.98. The molecular weight excluding hydrogens is 338 g/mol. The maximum absolute atomic E-state index is 12.9. The summed E-state index contributed by atoms with van der Waals surface area (Å²) in [7, 11) is 0. The Morgan fingerprint density at radius 2 is 1.64 bits per heavy atom. The van der Waals surface area contributed by atoms with Crippen molar-refractivity contribution in [1.82, 2.24) is 9.80 Å². The molecule has 2 aliphatic rings. The zero-order chi connectivity index (χ0) is 17.2. The van der Waals surface area contributed by atoms with Crippen molar-refractivity contribution in [3.63, 3.8) is 0 Å². The third-order valence-corrected chi connectivity index (χ3v) is 5.45. The SMILES string of the molecule is CC1(N)CCCCC1C(=O)N1CCN(C(=O)c2ccccc2)CC1.Cl. The largest absolute Gasteiger partial charge is 0.339 e. The first-order valence-electron chi connectivity index (χ1n) is 8.91. The third kappa shape index (κ3) is 4.33. The van der Waals surface area contributed by atoms with Gasteiger partial charge in [0.25, 0.3) is 5.91 Å². The van der Waals surface area contributed by atoms with Crippen molar-refractivity contribution in [2.75, 3.05) is 26.2 Å². The quantitative estimate of drug-likeness (QED) is 0.874. The summed E-state index contributed by atoms with van der Waals surface area (Å²) in [6.45, 7) is 4.39. The van der Waals surface area contributed by atoms with Crippen molar-refractivity contribution in [2.45, 2.75) is 38.1 Å². The van der Waals surface area contributed by atoms with Gasteiger partial charge in [0.2, 0.25) is 5.91 Å². The van der Waals surface area contributed by atoms with Crippen molar-refractivity contribution in [1.29, 1.82) is 0 Å². The molecule has 1 aromatic rings. The van der Waals surface area contributed by atoms with Gasteiger partial charge in [-0.3, -0.25) is 9.59 Å². The number of hydrogen-bond donors (Lipinski definition) is 1. The van der Waals surface area contributed by atoms with Crippen molar-refractivity contribution < 1.29 is 9.59 Å². The zero-order valence-electron chi connectivity index (χ0n) is 14.8. The number of carbonyl (C=O) groups excluding carboxylic acids is 2. The Kier molecular flexibility index (Phi) is 6.47. The minimum atomic E-state index is -0.397. The molecule has 0 spiro atoms. The van der Waals surface area contributed by atoms with Gasteiger partial charge in [-0.15, -0.1) is 12.4 Å². The number of nitrogens with two attached hydrogens (primary N) is 1. The summed E-state index contributed by atoms with van der Waals surface area (Å²) >= 11 is 0. The first kappa shape index (κ1) is 19.7. The van der Waals surface area contributed by atoms with Crippen molar-refractivity contribution in [3.05, 3.63) is 35.9 Å². The minimum Gasteiger partial charge on any atom is -0.339 e. The molecule has 2 unspecified atom stereocenters. The van der Waals surface area contributed by atoms with Gasteiger partial charge >= 0.3 is 0 Å². The summed E-state index contributed by atoms with van der Waals surface area (Å²) < 4.78 is 0. The van der Waals surface area contributed by atoms with Crippen LogP contribution in [0.2, 0.25) is 0 Å². The number of piperazine rings is 1. The molecule has 0 radical (unpaired) electrons. The van der Waals surface area contributed by atoms with E-state index in [9.17, 15) is 9.59 Å². The molecule has 1 saturated carbocycles. The van der Waals surface area contributed by atoms with Gasteiger partial charge in [0.1, 0.15) is 0 Å². The molecule has 5 nitrogen and oxygen atoms in total. The minimum absolute atomic E-state index is 0. The Morgan fingerprint density at radius 1 is 1.04 bits per heavy atom. The van der Waals surface area contributed by atoms with E-state index in [0.29, 0.717) is 31.7 Å². The van der Waals surface area contributed by atoms with Gasteiger partial charge in [-0.2, -0.15) is 0 Å². The normalized spacial score (nSPS) is 26.7. The lowest BCUT2D eigenvalue weighted by Crippen LogP contribution is -2.57. The standard InChI is InChI=1S/C19H27N3O2.ClH/c1-19(20)10-6-5-9-16(19)18(24)22-13-11-21(12-14-22)17(23)15-7-3-2-4-8-15;/h2-4,7-8,16H,5-6,9-14,20H2,1H3;1H.